The van der Waals surface area contributed by atoms with Gasteiger partial charge in [0.05, 0.1) is 6.54 Å². The zero-order chi connectivity index (χ0) is 17.2. The highest BCUT2D eigenvalue weighted by atomic mass is 35.5. The zero-order valence-electron chi connectivity index (χ0n) is 13.8. The average molecular weight is 345 g/mol. The van der Waals surface area contributed by atoms with E-state index in [2.05, 4.69) is 22.4 Å². The summed E-state index contributed by atoms with van der Waals surface area (Å²) >= 11 is 5.96. The van der Waals surface area contributed by atoms with E-state index in [0.717, 1.165) is 12.0 Å². The SMILES string of the molecule is COC(C)(CNC(=O)[C@H]1C[C@@H]1c1ccccc1)c1ccnc(Cl)c1. The van der Waals surface area contributed by atoms with Gasteiger partial charge in [-0.3, -0.25) is 4.79 Å². The van der Waals surface area contributed by atoms with Crippen molar-refractivity contribution in [2.24, 2.45) is 5.92 Å². The fourth-order valence-corrected chi connectivity index (χ4v) is 3.14. The van der Waals surface area contributed by atoms with Gasteiger partial charge >= 0.3 is 0 Å². The minimum absolute atomic E-state index is 0.0505. The predicted octanol–water partition coefficient (Wildman–Crippen LogP) is 3.52. The lowest BCUT2D eigenvalue weighted by Crippen LogP contribution is -2.40. The molecular weight excluding hydrogens is 324 g/mol. The van der Waals surface area contributed by atoms with Crippen molar-refractivity contribution < 1.29 is 9.53 Å². The number of ether oxygens (including phenoxy) is 1. The van der Waals surface area contributed by atoms with Gasteiger partial charge in [0, 0.05) is 19.2 Å². The second-order valence-electron chi connectivity index (χ2n) is 6.38. The van der Waals surface area contributed by atoms with E-state index in [9.17, 15) is 4.79 Å². The van der Waals surface area contributed by atoms with Gasteiger partial charge < -0.3 is 10.1 Å². The molecule has 1 aliphatic rings. The summed E-state index contributed by atoms with van der Waals surface area (Å²) in [4.78, 5) is 16.4. The molecule has 4 nitrogen and oxygen atoms in total. The maximum atomic E-state index is 12.4. The second kappa shape index (κ2) is 6.91. The van der Waals surface area contributed by atoms with E-state index in [1.165, 1.54) is 5.56 Å². The molecule has 1 fully saturated rings. The Kier molecular flexibility index (Phi) is 4.88. The first-order chi connectivity index (χ1) is 11.5. The quantitative estimate of drug-likeness (QED) is 0.816. The number of rotatable bonds is 6. The highest BCUT2D eigenvalue weighted by Crippen LogP contribution is 2.47. The standard InChI is InChI=1S/C19H21ClN2O2/c1-19(24-2,14-8-9-21-17(20)10-14)12-22-18(23)16-11-15(16)13-6-4-3-5-7-13/h3-10,15-16H,11-12H2,1-2H3,(H,22,23)/t15-,16+,19?/m1/s1. The summed E-state index contributed by atoms with van der Waals surface area (Å²) < 4.78 is 5.64. The largest absolute Gasteiger partial charge is 0.372 e. The molecule has 3 atom stereocenters. The Hall–Kier alpha value is -1.91. The van der Waals surface area contributed by atoms with Crippen molar-refractivity contribution in [3.8, 4) is 0 Å². The summed E-state index contributed by atoms with van der Waals surface area (Å²) in [6.45, 7) is 2.32. The number of pyridine rings is 1. The van der Waals surface area contributed by atoms with Crippen LogP contribution in [0.5, 0.6) is 0 Å². The second-order valence-corrected chi connectivity index (χ2v) is 6.77. The minimum Gasteiger partial charge on any atom is -0.372 e. The van der Waals surface area contributed by atoms with E-state index in [1.807, 2.05) is 31.2 Å². The van der Waals surface area contributed by atoms with Crippen LogP contribution in [0, 0.1) is 5.92 Å². The van der Waals surface area contributed by atoms with Crippen LogP contribution in [-0.2, 0) is 15.1 Å². The monoisotopic (exact) mass is 344 g/mol. The lowest BCUT2D eigenvalue weighted by molar-refractivity contribution is -0.124. The smallest absolute Gasteiger partial charge is 0.223 e. The van der Waals surface area contributed by atoms with Crippen LogP contribution in [0.3, 0.4) is 0 Å². The fourth-order valence-electron chi connectivity index (χ4n) is 2.96. The first-order valence-corrected chi connectivity index (χ1v) is 8.41. The Labute approximate surface area is 147 Å². The van der Waals surface area contributed by atoms with Crippen molar-refractivity contribution in [3.05, 3.63) is 64.9 Å². The third kappa shape index (κ3) is 3.60. The molecule has 1 aromatic carbocycles. The Morgan fingerprint density at radius 2 is 2.12 bits per heavy atom. The Balaban J connectivity index is 1.61. The van der Waals surface area contributed by atoms with Crippen molar-refractivity contribution in [2.45, 2.75) is 24.9 Å². The van der Waals surface area contributed by atoms with Gasteiger partial charge in [-0.05, 0) is 42.5 Å². The third-order valence-corrected chi connectivity index (χ3v) is 4.95. The Morgan fingerprint density at radius 3 is 2.79 bits per heavy atom. The molecule has 126 valence electrons. The highest BCUT2D eigenvalue weighted by molar-refractivity contribution is 6.29. The van der Waals surface area contributed by atoms with Gasteiger partial charge in [-0.25, -0.2) is 4.98 Å². The molecule has 2 aromatic rings. The van der Waals surface area contributed by atoms with Gasteiger partial charge in [0.1, 0.15) is 10.8 Å². The maximum absolute atomic E-state index is 12.4. The first kappa shape index (κ1) is 16.9. The van der Waals surface area contributed by atoms with Gasteiger partial charge in [-0.15, -0.1) is 0 Å². The van der Waals surface area contributed by atoms with E-state index in [0.29, 0.717) is 17.6 Å². The van der Waals surface area contributed by atoms with Crippen LogP contribution in [0.1, 0.15) is 30.4 Å². The molecule has 1 unspecified atom stereocenters. The summed E-state index contributed by atoms with van der Waals surface area (Å²) in [6.07, 6.45) is 2.55. The summed E-state index contributed by atoms with van der Waals surface area (Å²) in [5.74, 6) is 0.456. The number of benzene rings is 1. The number of halogens is 1. The minimum atomic E-state index is -0.640. The number of methoxy groups -OCH3 is 1. The lowest BCUT2D eigenvalue weighted by atomic mass is 9.96. The van der Waals surface area contributed by atoms with Gasteiger partial charge in [-0.2, -0.15) is 0 Å². The van der Waals surface area contributed by atoms with Crippen LogP contribution < -0.4 is 5.32 Å². The number of hydrogen-bond acceptors (Lipinski definition) is 3. The molecule has 1 N–H and O–H groups in total. The summed E-state index contributed by atoms with van der Waals surface area (Å²) in [5.41, 5.74) is 1.48. The molecule has 1 heterocycles. The molecule has 24 heavy (non-hydrogen) atoms. The molecule has 1 saturated carbocycles. The first-order valence-electron chi connectivity index (χ1n) is 8.03. The summed E-state index contributed by atoms with van der Waals surface area (Å²) in [5, 5.41) is 3.44. The Bertz CT molecular complexity index is 722. The number of carbonyl (C=O) groups is 1. The van der Waals surface area contributed by atoms with Gasteiger partial charge in [0.15, 0.2) is 0 Å². The van der Waals surface area contributed by atoms with Crippen molar-refractivity contribution >= 4 is 17.5 Å². The van der Waals surface area contributed by atoms with E-state index >= 15 is 0 Å². The van der Waals surface area contributed by atoms with Crippen LogP contribution in [-0.4, -0.2) is 24.5 Å². The number of aromatic nitrogens is 1. The number of nitrogens with one attached hydrogen (secondary N) is 1. The lowest BCUT2D eigenvalue weighted by Gasteiger charge is -2.29. The van der Waals surface area contributed by atoms with E-state index in [-0.39, 0.29) is 11.8 Å². The maximum Gasteiger partial charge on any atom is 0.223 e. The number of carbonyl (C=O) groups excluding carboxylic acids is 1. The normalized spacial score (nSPS) is 21.8. The fraction of sp³-hybridized carbons (Fsp3) is 0.368. The van der Waals surface area contributed by atoms with Crippen LogP contribution in [0.25, 0.3) is 0 Å². The molecule has 3 rings (SSSR count). The summed E-state index contributed by atoms with van der Waals surface area (Å²) in [7, 11) is 1.63. The van der Waals surface area contributed by atoms with E-state index in [1.54, 1.807) is 19.4 Å². The Morgan fingerprint density at radius 1 is 1.38 bits per heavy atom. The van der Waals surface area contributed by atoms with Crippen LogP contribution in [0.4, 0.5) is 0 Å². The molecule has 0 bridgehead atoms. The van der Waals surface area contributed by atoms with Crippen LogP contribution >= 0.6 is 11.6 Å². The average Bonchev–Trinajstić information content (AvgIpc) is 3.41. The van der Waals surface area contributed by atoms with Crippen LogP contribution in [0.15, 0.2) is 48.7 Å². The van der Waals surface area contributed by atoms with Crippen molar-refractivity contribution in [3.63, 3.8) is 0 Å². The number of nitrogens with zero attached hydrogens (tertiary/aromatic N) is 1. The van der Waals surface area contributed by atoms with Gasteiger partial charge in [-0.1, -0.05) is 41.9 Å². The van der Waals surface area contributed by atoms with Crippen molar-refractivity contribution in [2.75, 3.05) is 13.7 Å². The van der Waals surface area contributed by atoms with Crippen molar-refractivity contribution in [1.29, 1.82) is 0 Å². The topological polar surface area (TPSA) is 51.2 Å². The molecule has 1 aliphatic carbocycles. The third-order valence-electron chi connectivity index (χ3n) is 4.74. The predicted molar refractivity (Wildman–Crippen MR) is 93.9 cm³/mol. The molecule has 1 amide bonds. The van der Waals surface area contributed by atoms with Gasteiger partial charge in [0.2, 0.25) is 5.91 Å². The van der Waals surface area contributed by atoms with E-state index < -0.39 is 5.60 Å². The number of hydrogen-bond donors (Lipinski definition) is 1. The number of amides is 1. The molecule has 0 saturated heterocycles. The van der Waals surface area contributed by atoms with E-state index in [4.69, 9.17) is 16.3 Å². The molecule has 0 spiro atoms. The van der Waals surface area contributed by atoms with Crippen LogP contribution in [0.2, 0.25) is 5.15 Å². The van der Waals surface area contributed by atoms with Crippen molar-refractivity contribution in [1.82, 2.24) is 10.3 Å². The molecule has 0 radical (unpaired) electrons. The molecule has 0 aliphatic heterocycles. The highest BCUT2D eigenvalue weighted by Gasteiger charge is 2.44. The van der Waals surface area contributed by atoms with Gasteiger partial charge in [0.25, 0.3) is 0 Å². The summed E-state index contributed by atoms with van der Waals surface area (Å²) in [6, 6.07) is 13.8. The molecular formula is C19H21ClN2O2. The molecule has 1 aromatic heterocycles. The molecule has 5 heteroatoms. The zero-order valence-corrected chi connectivity index (χ0v) is 14.6.